The number of carbonyl (C=O) groups is 2. The van der Waals surface area contributed by atoms with Crippen LogP contribution in [0, 0.1) is 0 Å². The van der Waals surface area contributed by atoms with Crippen molar-refractivity contribution in [3.05, 3.63) is 0 Å². The Morgan fingerprint density at radius 3 is 1.15 bits per heavy atom. The van der Waals surface area contributed by atoms with Gasteiger partial charge in [0.1, 0.15) is 55.4 Å². The summed E-state index contributed by atoms with van der Waals surface area (Å²) in [5, 5.41) is 72.1. The van der Waals surface area contributed by atoms with Gasteiger partial charge < -0.3 is 64.2 Å². The number of hydrogen-bond acceptors (Lipinski definition) is 15. The van der Waals surface area contributed by atoms with E-state index in [4.69, 9.17) is 28.4 Å². The molecule has 15 nitrogen and oxygen atoms in total. The molecule has 0 aliphatic carbocycles. The molecular formula is C53H100O15. The second kappa shape index (κ2) is 41.0. The molecule has 0 saturated carbocycles. The van der Waals surface area contributed by atoms with E-state index >= 15 is 0 Å². The molecule has 2 fully saturated rings. The van der Waals surface area contributed by atoms with Gasteiger partial charge in [-0.1, -0.05) is 206 Å². The molecule has 7 N–H and O–H groups in total. The van der Waals surface area contributed by atoms with Crippen molar-refractivity contribution in [1.82, 2.24) is 0 Å². The molecule has 15 heteroatoms. The van der Waals surface area contributed by atoms with Crippen LogP contribution < -0.4 is 0 Å². The first-order valence-corrected chi connectivity index (χ1v) is 27.6. The molecule has 11 atom stereocenters. The summed E-state index contributed by atoms with van der Waals surface area (Å²) in [7, 11) is 0. The Labute approximate surface area is 410 Å². The zero-order valence-corrected chi connectivity index (χ0v) is 42.6. The Morgan fingerprint density at radius 2 is 0.750 bits per heavy atom. The SMILES string of the molecule is CCCCCCCCCCCCCCCCCCCCCC(=O)OC(COC(=O)CCCCCCCCCCCCCCC)COC1OC(COC2OC(CO)C(O)C(O)C2O)C(O)C(O)C1O. The van der Waals surface area contributed by atoms with Crippen LogP contribution >= 0.6 is 0 Å². The molecule has 0 amide bonds. The molecule has 0 bridgehead atoms. The van der Waals surface area contributed by atoms with Crippen LogP contribution in [-0.2, 0) is 38.0 Å². The lowest BCUT2D eigenvalue weighted by Crippen LogP contribution is -2.61. The Balaban J connectivity index is 1.76. The minimum atomic E-state index is -1.76. The lowest BCUT2D eigenvalue weighted by Gasteiger charge is -2.42. The van der Waals surface area contributed by atoms with E-state index in [0.29, 0.717) is 12.8 Å². The minimum absolute atomic E-state index is 0.174. The molecule has 2 saturated heterocycles. The van der Waals surface area contributed by atoms with Gasteiger partial charge in [-0.3, -0.25) is 9.59 Å². The summed E-state index contributed by atoms with van der Waals surface area (Å²) in [6.07, 6.45) is 22.7. The first-order valence-electron chi connectivity index (χ1n) is 27.6. The van der Waals surface area contributed by atoms with Crippen molar-refractivity contribution in [3.63, 3.8) is 0 Å². The summed E-state index contributed by atoms with van der Waals surface area (Å²) in [5.41, 5.74) is 0. The van der Waals surface area contributed by atoms with Gasteiger partial charge in [0.05, 0.1) is 19.8 Å². The topological polar surface area (TPSA) is 231 Å². The van der Waals surface area contributed by atoms with Crippen LogP contribution in [0.5, 0.6) is 0 Å². The molecule has 68 heavy (non-hydrogen) atoms. The number of esters is 2. The number of aliphatic hydroxyl groups excluding tert-OH is 7. The third-order valence-corrected chi connectivity index (χ3v) is 13.6. The monoisotopic (exact) mass is 977 g/mol. The molecule has 11 unspecified atom stereocenters. The highest BCUT2D eigenvalue weighted by molar-refractivity contribution is 5.70. The summed E-state index contributed by atoms with van der Waals surface area (Å²) in [4.78, 5) is 25.8. The number of hydrogen-bond donors (Lipinski definition) is 7. The summed E-state index contributed by atoms with van der Waals surface area (Å²) < 4.78 is 33.6. The predicted octanol–water partition coefficient (Wildman–Crippen LogP) is 8.39. The average molecular weight is 977 g/mol. The molecule has 2 rings (SSSR count). The van der Waals surface area contributed by atoms with E-state index in [2.05, 4.69) is 13.8 Å². The number of rotatable bonds is 44. The lowest BCUT2D eigenvalue weighted by atomic mass is 9.98. The lowest BCUT2D eigenvalue weighted by molar-refractivity contribution is -0.332. The summed E-state index contributed by atoms with van der Waals surface area (Å²) in [6, 6.07) is 0. The van der Waals surface area contributed by atoms with Crippen LogP contribution in [0.2, 0.25) is 0 Å². The van der Waals surface area contributed by atoms with Crippen LogP contribution in [0.15, 0.2) is 0 Å². The van der Waals surface area contributed by atoms with E-state index in [9.17, 15) is 45.3 Å². The second-order valence-electron chi connectivity index (χ2n) is 19.8. The maximum Gasteiger partial charge on any atom is 0.306 e. The predicted molar refractivity (Wildman–Crippen MR) is 262 cm³/mol. The number of unbranched alkanes of at least 4 members (excludes halogenated alkanes) is 30. The Bertz CT molecular complexity index is 1190. The molecule has 0 radical (unpaired) electrons. The zero-order chi connectivity index (χ0) is 49.6. The maximum atomic E-state index is 13.0. The van der Waals surface area contributed by atoms with E-state index in [1.54, 1.807) is 0 Å². The summed E-state index contributed by atoms with van der Waals surface area (Å²) in [5.74, 6) is -0.907. The highest BCUT2D eigenvalue weighted by Gasteiger charge is 2.47. The molecule has 402 valence electrons. The van der Waals surface area contributed by atoms with Crippen molar-refractivity contribution in [2.75, 3.05) is 26.4 Å². The number of carbonyl (C=O) groups excluding carboxylic acids is 2. The smallest absolute Gasteiger partial charge is 0.306 e. The molecule has 2 aliphatic heterocycles. The van der Waals surface area contributed by atoms with Crippen molar-refractivity contribution < 1.29 is 73.8 Å². The Morgan fingerprint density at radius 1 is 0.412 bits per heavy atom. The molecule has 2 heterocycles. The van der Waals surface area contributed by atoms with Gasteiger partial charge in [-0.2, -0.15) is 0 Å². The zero-order valence-electron chi connectivity index (χ0n) is 42.6. The largest absolute Gasteiger partial charge is 0.462 e. The van der Waals surface area contributed by atoms with Crippen molar-refractivity contribution in [2.24, 2.45) is 0 Å². The van der Waals surface area contributed by atoms with Gasteiger partial charge in [0, 0.05) is 12.8 Å². The molecule has 0 spiro atoms. The van der Waals surface area contributed by atoms with Crippen LogP contribution in [-0.4, -0.2) is 142 Å². The van der Waals surface area contributed by atoms with Gasteiger partial charge in [0.2, 0.25) is 0 Å². The van der Waals surface area contributed by atoms with Crippen molar-refractivity contribution >= 4 is 11.9 Å². The molecule has 0 aromatic rings. The van der Waals surface area contributed by atoms with Gasteiger partial charge in [0.15, 0.2) is 18.7 Å². The number of aliphatic hydroxyl groups is 7. The third kappa shape index (κ3) is 28.5. The van der Waals surface area contributed by atoms with Crippen LogP contribution in [0.4, 0.5) is 0 Å². The first kappa shape index (κ1) is 62.6. The van der Waals surface area contributed by atoms with E-state index < -0.39 is 92.7 Å². The summed E-state index contributed by atoms with van der Waals surface area (Å²) in [6.45, 7) is 2.64. The average Bonchev–Trinajstić information content (AvgIpc) is 3.33. The molecule has 0 aromatic heterocycles. The molecule has 0 aromatic carbocycles. The third-order valence-electron chi connectivity index (χ3n) is 13.6. The maximum absolute atomic E-state index is 13.0. The van der Waals surface area contributed by atoms with Crippen molar-refractivity contribution in [2.45, 2.75) is 300 Å². The van der Waals surface area contributed by atoms with Crippen LogP contribution in [0.3, 0.4) is 0 Å². The fraction of sp³-hybridized carbons (Fsp3) is 0.962. The van der Waals surface area contributed by atoms with Gasteiger partial charge in [-0.15, -0.1) is 0 Å². The highest BCUT2D eigenvalue weighted by atomic mass is 16.7. The Kier molecular flexibility index (Phi) is 37.8. The molecular weight excluding hydrogens is 877 g/mol. The normalized spacial score (nSPS) is 25.7. The van der Waals surface area contributed by atoms with E-state index in [-0.39, 0.29) is 26.1 Å². The van der Waals surface area contributed by atoms with Crippen molar-refractivity contribution in [3.8, 4) is 0 Å². The van der Waals surface area contributed by atoms with Gasteiger partial charge in [-0.05, 0) is 12.8 Å². The summed E-state index contributed by atoms with van der Waals surface area (Å²) >= 11 is 0. The van der Waals surface area contributed by atoms with Crippen LogP contribution in [0.1, 0.15) is 232 Å². The fourth-order valence-corrected chi connectivity index (χ4v) is 9.04. The quantitative estimate of drug-likeness (QED) is 0.0225. The molecule has 2 aliphatic rings. The fourth-order valence-electron chi connectivity index (χ4n) is 9.04. The van der Waals surface area contributed by atoms with E-state index in [0.717, 1.165) is 38.5 Å². The second-order valence-corrected chi connectivity index (χ2v) is 19.8. The van der Waals surface area contributed by atoms with Crippen molar-refractivity contribution in [1.29, 1.82) is 0 Å². The Hall–Kier alpha value is -1.50. The first-order chi connectivity index (χ1) is 33.0. The van der Waals surface area contributed by atoms with E-state index in [1.165, 1.54) is 154 Å². The van der Waals surface area contributed by atoms with Gasteiger partial charge in [0.25, 0.3) is 0 Å². The minimum Gasteiger partial charge on any atom is -0.462 e. The van der Waals surface area contributed by atoms with E-state index in [1.807, 2.05) is 0 Å². The number of ether oxygens (including phenoxy) is 6. The van der Waals surface area contributed by atoms with Gasteiger partial charge >= 0.3 is 11.9 Å². The van der Waals surface area contributed by atoms with Crippen LogP contribution in [0.25, 0.3) is 0 Å². The van der Waals surface area contributed by atoms with Gasteiger partial charge in [-0.25, -0.2) is 0 Å². The highest BCUT2D eigenvalue weighted by Crippen LogP contribution is 2.27. The standard InChI is InChI=1S/C53H100O15/c1-3-5-7-9-11-13-15-17-18-19-20-21-22-24-26-28-30-32-34-36-45(56)66-41(38-63-44(55)35-33-31-29-27-25-23-16-14-12-10-8-6-4-2)39-64-52-51(62)49(60)47(58)43(68-52)40-65-53-50(61)48(59)46(57)42(37-54)67-53/h41-43,46-54,57-62H,3-40H2,1-2H3.